The summed E-state index contributed by atoms with van der Waals surface area (Å²) in [6.45, 7) is 5.51. The van der Waals surface area contributed by atoms with Crippen molar-refractivity contribution in [3.63, 3.8) is 0 Å². The third-order valence-electron chi connectivity index (χ3n) is 2.88. The molecule has 0 radical (unpaired) electrons. The molecule has 0 saturated carbocycles. The average Bonchev–Trinajstić information content (AvgIpc) is 2.79. The van der Waals surface area contributed by atoms with E-state index in [1.165, 1.54) is 0 Å². The van der Waals surface area contributed by atoms with Gasteiger partial charge in [0.1, 0.15) is 0 Å². The van der Waals surface area contributed by atoms with Gasteiger partial charge in [-0.2, -0.15) is 0 Å². The van der Waals surface area contributed by atoms with Gasteiger partial charge in [-0.05, 0) is 31.6 Å². The van der Waals surface area contributed by atoms with Gasteiger partial charge in [-0.3, -0.25) is 0 Å². The normalized spacial score (nSPS) is 12.6. The van der Waals surface area contributed by atoms with Crippen LogP contribution in [0.2, 0.25) is 0 Å². The molecule has 2 rings (SSSR count). The summed E-state index contributed by atoms with van der Waals surface area (Å²) < 4.78 is 8.33. The molecule has 4 heteroatoms. The van der Waals surface area contributed by atoms with Gasteiger partial charge in [0.25, 0.3) is 0 Å². The molecule has 0 aliphatic rings. The van der Waals surface area contributed by atoms with Crippen molar-refractivity contribution >= 4 is 12.2 Å². The number of aromatic amines is 1. The number of nitrogens with zero attached hydrogens (tertiary/aromatic N) is 1. The number of benzene rings is 1. The highest BCUT2D eigenvalue weighted by Crippen LogP contribution is 2.23. The SMILES string of the molecule is CCOCC(C)n1c(-c2ccccc2)c[nH]c1=S. The average molecular weight is 262 g/mol. The highest BCUT2D eigenvalue weighted by Gasteiger charge is 2.12. The van der Waals surface area contributed by atoms with Gasteiger partial charge in [0.15, 0.2) is 4.77 Å². The Kier molecular flexibility index (Phi) is 4.33. The van der Waals surface area contributed by atoms with Gasteiger partial charge in [-0.1, -0.05) is 30.3 Å². The summed E-state index contributed by atoms with van der Waals surface area (Å²) in [5.74, 6) is 0. The van der Waals surface area contributed by atoms with E-state index in [0.717, 1.165) is 22.6 Å². The van der Waals surface area contributed by atoms with Crippen LogP contribution in [-0.4, -0.2) is 22.8 Å². The molecule has 96 valence electrons. The molecule has 1 atom stereocenters. The molecule has 18 heavy (non-hydrogen) atoms. The first-order chi connectivity index (χ1) is 8.74. The summed E-state index contributed by atoms with van der Waals surface area (Å²) in [5, 5.41) is 0. The molecular formula is C14H18N2OS. The highest BCUT2D eigenvalue weighted by molar-refractivity contribution is 7.71. The maximum absolute atomic E-state index is 5.48. The monoisotopic (exact) mass is 262 g/mol. The number of imidazole rings is 1. The standard InChI is InChI=1S/C14H18N2OS/c1-3-17-10-11(2)16-13(9-15-14(16)18)12-7-5-4-6-8-12/h4-9,11H,3,10H2,1-2H3,(H,15,18). The predicted molar refractivity (Wildman–Crippen MR) is 76.3 cm³/mol. The minimum atomic E-state index is 0.221. The van der Waals surface area contributed by atoms with Crippen LogP contribution in [0, 0.1) is 4.77 Å². The minimum absolute atomic E-state index is 0.221. The first-order valence-electron chi connectivity index (χ1n) is 6.17. The fraction of sp³-hybridized carbons (Fsp3) is 0.357. The second kappa shape index (κ2) is 5.98. The van der Waals surface area contributed by atoms with Gasteiger partial charge in [0.2, 0.25) is 0 Å². The van der Waals surface area contributed by atoms with Gasteiger partial charge in [0, 0.05) is 12.8 Å². The van der Waals surface area contributed by atoms with E-state index in [4.69, 9.17) is 17.0 Å². The van der Waals surface area contributed by atoms with Crippen LogP contribution in [-0.2, 0) is 4.74 Å². The van der Waals surface area contributed by atoms with Crippen LogP contribution in [0.1, 0.15) is 19.9 Å². The second-order valence-corrected chi connectivity index (χ2v) is 4.61. The minimum Gasteiger partial charge on any atom is -0.380 e. The predicted octanol–water partition coefficient (Wildman–Crippen LogP) is 3.81. The summed E-state index contributed by atoms with van der Waals surface area (Å²) >= 11 is 5.35. The summed E-state index contributed by atoms with van der Waals surface area (Å²) in [6.07, 6.45) is 1.96. The fourth-order valence-electron chi connectivity index (χ4n) is 2.01. The summed E-state index contributed by atoms with van der Waals surface area (Å²) in [5.41, 5.74) is 2.26. The van der Waals surface area contributed by atoms with E-state index in [2.05, 4.69) is 28.6 Å². The first-order valence-corrected chi connectivity index (χ1v) is 6.58. The molecule has 0 fully saturated rings. The number of ether oxygens (including phenoxy) is 1. The number of nitrogens with one attached hydrogen (secondary N) is 1. The maximum Gasteiger partial charge on any atom is 0.177 e. The van der Waals surface area contributed by atoms with Gasteiger partial charge in [0.05, 0.1) is 18.3 Å². The third-order valence-corrected chi connectivity index (χ3v) is 3.20. The Labute approximate surface area is 112 Å². The summed E-state index contributed by atoms with van der Waals surface area (Å²) in [4.78, 5) is 3.12. The molecule has 0 bridgehead atoms. The molecule has 1 aromatic heterocycles. The molecule has 1 N–H and O–H groups in total. The summed E-state index contributed by atoms with van der Waals surface area (Å²) in [6, 6.07) is 10.5. The molecule has 0 aliphatic heterocycles. The highest BCUT2D eigenvalue weighted by atomic mass is 32.1. The zero-order chi connectivity index (χ0) is 13.0. The van der Waals surface area contributed by atoms with E-state index in [1.54, 1.807) is 0 Å². The van der Waals surface area contributed by atoms with Crippen molar-refractivity contribution in [3.05, 3.63) is 41.3 Å². The number of rotatable bonds is 5. The molecule has 1 unspecified atom stereocenters. The van der Waals surface area contributed by atoms with Crippen LogP contribution >= 0.6 is 12.2 Å². The molecule has 0 aliphatic carbocycles. The van der Waals surface area contributed by atoms with Gasteiger partial charge >= 0.3 is 0 Å². The smallest absolute Gasteiger partial charge is 0.177 e. The van der Waals surface area contributed by atoms with Crippen molar-refractivity contribution in [2.75, 3.05) is 13.2 Å². The van der Waals surface area contributed by atoms with E-state index in [9.17, 15) is 0 Å². The quantitative estimate of drug-likeness (QED) is 0.830. The van der Waals surface area contributed by atoms with Crippen molar-refractivity contribution in [2.45, 2.75) is 19.9 Å². The lowest BCUT2D eigenvalue weighted by Gasteiger charge is -2.16. The Morgan fingerprint density at radius 3 is 2.72 bits per heavy atom. The van der Waals surface area contributed by atoms with Crippen LogP contribution < -0.4 is 0 Å². The van der Waals surface area contributed by atoms with E-state index < -0.39 is 0 Å². The Bertz CT molecular complexity index is 544. The largest absolute Gasteiger partial charge is 0.380 e. The van der Waals surface area contributed by atoms with Crippen molar-refractivity contribution in [3.8, 4) is 11.3 Å². The van der Waals surface area contributed by atoms with Crippen molar-refractivity contribution < 1.29 is 4.74 Å². The molecule has 2 aromatic rings. The molecule has 0 amide bonds. The van der Waals surface area contributed by atoms with Crippen molar-refractivity contribution in [2.24, 2.45) is 0 Å². The number of H-pyrrole nitrogens is 1. The van der Waals surface area contributed by atoms with Gasteiger partial charge < -0.3 is 14.3 Å². The van der Waals surface area contributed by atoms with Gasteiger partial charge in [-0.25, -0.2) is 0 Å². The Balaban J connectivity index is 2.36. The Morgan fingerprint density at radius 1 is 1.33 bits per heavy atom. The second-order valence-electron chi connectivity index (χ2n) is 4.22. The molecule has 0 saturated heterocycles. The van der Waals surface area contributed by atoms with E-state index >= 15 is 0 Å². The molecule has 1 heterocycles. The lowest BCUT2D eigenvalue weighted by Crippen LogP contribution is -2.13. The van der Waals surface area contributed by atoms with Crippen molar-refractivity contribution in [1.29, 1.82) is 0 Å². The van der Waals surface area contributed by atoms with Crippen LogP contribution in [0.3, 0.4) is 0 Å². The molecule has 3 nitrogen and oxygen atoms in total. The number of aromatic nitrogens is 2. The number of hydrogen-bond donors (Lipinski definition) is 1. The van der Waals surface area contributed by atoms with Crippen LogP contribution in [0.25, 0.3) is 11.3 Å². The van der Waals surface area contributed by atoms with Crippen LogP contribution in [0.4, 0.5) is 0 Å². The lowest BCUT2D eigenvalue weighted by atomic mass is 10.1. The lowest BCUT2D eigenvalue weighted by molar-refractivity contribution is 0.119. The zero-order valence-corrected chi connectivity index (χ0v) is 11.5. The van der Waals surface area contributed by atoms with Gasteiger partial charge in [-0.15, -0.1) is 0 Å². The van der Waals surface area contributed by atoms with E-state index in [-0.39, 0.29) is 6.04 Å². The zero-order valence-electron chi connectivity index (χ0n) is 10.7. The topological polar surface area (TPSA) is 29.9 Å². The summed E-state index contributed by atoms with van der Waals surface area (Å²) in [7, 11) is 0. The van der Waals surface area contributed by atoms with E-state index in [1.807, 2.05) is 31.3 Å². The van der Waals surface area contributed by atoms with Crippen molar-refractivity contribution in [1.82, 2.24) is 9.55 Å². The first kappa shape index (κ1) is 13.1. The Morgan fingerprint density at radius 2 is 2.06 bits per heavy atom. The maximum atomic E-state index is 5.48. The molecule has 0 spiro atoms. The van der Waals surface area contributed by atoms with E-state index in [0.29, 0.717) is 6.61 Å². The van der Waals surface area contributed by atoms with Crippen LogP contribution in [0.15, 0.2) is 36.5 Å². The fourth-order valence-corrected chi connectivity index (χ4v) is 2.35. The number of hydrogen-bond acceptors (Lipinski definition) is 2. The molecular weight excluding hydrogens is 244 g/mol. The Hall–Kier alpha value is -1.39. The molecule has 1 aromatic carbocycles. The third kappa shape index (κ3) is 2.71. The van der Waals surface area contributed by atoms with Crippen LogP contribution in [0.5, 0.6) is 0 Å².